The molecule has 0 aliphatic heterocycles. The van der Waals surface area contributed by atoms with Crippen LogP contribution in [0.1, 0.15) is 24.9 Å². The molecule has 0 radical (unpaired) electrons. The first-order valence-corrected chi connectivity index (χ1v) is 6.56. The highest BCUT2D eigenvalue weighted by Crippen LogP contribution is 2.20. The molecule has 1 rings (SSSR count). The first-order valence-electron chi connectivity index (χ1n) is 6.56. The molecule has 7 heteroatoms. The molecule has 1 amide bonds. The molecule has 0 saturated heterocycles. The first kappa shape index (κ1) is 17.3. The van der Waals surface area contributed by atoms with Gasteiger partial charge in [0.25, 0.3) is 0 Å². The molecule has 21 heavy (non-hydrogen) atoms. The number of ether oxygens (including phenoxy) is 1. The summed E-state index contributed by atoms with van der Waals surface area (Å²) in [6.07, 6.45) is -3.68. The van der Waals surface area contributed by atoms with Gasteiger partial charge in [-0.15, -0.1) is 0 Å². The summed E-state index contributed by atoms with van der Waals surface area (Å²) in [5.74, 6) is 0.230. The third-order valence-electron chi connectivity index (χ3n) is 2.87. The molecule has 1 aromatic rings. The Hall–Kier alpha value is -1.76. The highest BCUT2D eigenvalue weighted by molar-refractivity contribution is 5.78. The maximum Gasteiger partial charge on any atom is 0.401 e. The molecular formula is C14H19F3N2O2. The lowest BCUT2D eigenvalue weighted by molar-refractivity contribution is -0.128. The Bertz CT molecular complexity index is 447. The SMILES string of the molecule is CCC(NC(=O)CNCC(F)(F)F)c1ccc(OC)cc1. The van der Waals surface area contributed by atoms with Gasteiger partial charge in [0.15, 0.2) is 0 Å². The molecular weight excluding hydrogens is 285 g/mol. The standard InChI is InChI=1S/C14H19F3N2O2/c1-3-12(10-4-6-11(21-2)7-5-10)19-13(20)8-18-9-14(15,16)17/h4-7,12,18H,3,8-9H2,1-2H3,(H,19,20). The van der Waals surface area contributed by atoms with Crippen LogP contribution in [0.3, 0.4) is 0 Å². The number of halogens is 3. The van der Waals surface area contributed by atoms with Crippen LogP contribution in [0.4, 0.5) is 13.2 Å². The zero-order chi connectivity index (χ0) is 15.9. The summed E-state index contributed by atoms with van der Waals surface area (Å²) < 4.78 is 40.9. The van der Waals surface area contributed by atoms with E-state index in [1.54, 1.807) is 19.2 Å². The number of alkyl halides is 3. The lowest BCUT2D eigenvalue weighted by Crippen LogP contribution is -2.39. The van der Waals surface area contributed by atoms with E-state index in [0.717, 1.165) is 5.56 Å². The average molecular weight is 304 g/mol. The average Bonchev–Trinajstić information content (AvgIpc) is 2.43. The van der Waals surface area contributed by atoms with Gasteiger partial charge in [-0.05, 0) is 24.1 Å². The summed E-state index contributed by atoms with van der Waals surface area (Å²) in [7, 11) is 1.56. The minimum atomic E-state index is -4.32. The van der Waals surface area contributed by atoms with Crippen molar-refractivity contribution in [3.63, 3.8) is 0 Å². The van der Waals surface area contributed by atoms with E-state index in [1.165, 1.54) is 0 Å². The number of carbonyl (C=O) groups excluding carboxylic acids is 1. The molecule has 1 atom stereocenters. The molecule has 0 aliphatic carbocycles. The van der Waals surface area contributed by atoms with E-state index in [0.29, 0.717) is 12.2 Å². The van der Waals surface area contributed by atoms with Gasteiger partial charge in [0.1, 0.15) is 5.75 Å². The van der Waals surface area contributed by atoms with Gasteiger partial charge in [-0.1, -0.05) is 19.1 Å². The molecule has 1 unspecified atom stereocenters. The molecule has 1 aromatic carbocycles. The zero-order valence-electron chi connectivity index (χ0n) is 12.0. The number of hydrogen-bond donors (Lipinski definition) is 2. The lowest BCUT2D eigenvalue weighted by Gasteiger charge is -2.18. The molecule has 0 aromatic heterocycles. The van der Waals surface area contributed by atoms with Gasteiger partial charge >= 0.3 is 6.18 Å². The number of amides is 1. The Morgan fingerprint density at radius 2 is 1.90 bits per heavy atom. The van der Waals surface area contributed by atoms with Gasteiger partial charge < -0.3 is 15.4 Å². The van der Waals surface area contributed by atoms with Crippen LogP contribution in [-0.4, -0.2) is 32.3 Å². The highest BCUT2D eigenvalue weighted by atomic mass is 19.4. The maximum absolute atomic E-state index is 12.0. The summed E-state index contributed by atoms with van der Waals surface area (Å²) in [5, 5.41) is 4.76. The molecule has 0 saturated carbocycles. The van der Waals surface area contributed by atoms with Crippen molar-refractivity contribution in [2.24, 2.45) is 0 Å². The van der Waals surface area contributed by atoms with Crippen LogP contribution >= 0.6 is 0 Å². The van der Waals surface area contributed by atoms with Crippen molar-refractivity contribution in [1.82, 2.24) is 10.6 Å². The molecule has 0 bridgehead atoms. The number of methoxy groups -OCH3 is 1. The number of carbonyl (C=O) groups is 1. The monoisotopic (exact) mass is 304 g/mol. The molecule has 0 aliphatic rings. The number of nitrogens with one attached hydrogen (secondary N) is 2. The van der Waals surface area contributed by atoms with Gasteiger partial charge in [-0.25, -0.2) is 0 Å². The molecule has 0 heterocycles. The summed E-state index contributed by atoms with van der Waals surface area (Å²) >= 11 is 0. The molecule has 2 N–H and O–H groups in total. The van der Waals surface area contributed by atoms with Crippen molar-refractivity contribution in [2.45, 2.75) is 25.6 Å². The summed E-state index contributed by atoms with van der Waals surface area (Å²) in [4.78, 5) is 11.6. The Morgan fingerprint density at radius 1 is 1.29 bits per heavy atom. The van der Waals surface area contributed by atoms with E-state index in [1.807, 2.05) is 19.1 Å². The second-order valence-corrected chi connectivity index (χ2v) is 4.52. The van der Waals surface area contributed by atoms with Gasteiger partial charge in [0, 0.05) is 0 Å². The summed E-state index contributed by atoms with van der Waals surface area (Å²) in [6, 6.07) is 6.93. The highest BCUT2D eigenvalue weighted by Gasteiger charge is 2.26. The van der Waals surface area contributed by atoms with Crippen molar-refractivity contribution in [3.05, 3.63) is 29.8 Å². The fraction of sp³-hybridized carbons (Fsp3) is 0.500. The molecule has 118 valence electrons. The minimum Gasteiger partial charge on any atom is -0.497 e. The van der Waals surface area contributed by atoms with Crippen LogP contribution in [0.5, 0.6) is 5.75 Å². The first-order chi connectivity index (χ1) is 9.85. The summed E-state index contributed by atoms with van der Waals surface area (Å²) in [6.45, 7) is 0.338. The van der Waals surface area contributed by atoms with Crippen molar-refractivity contribution in [1.29, 1.82) is 0 Å². The molecule has 0 spiro atoms. The third-order valence-corrected chi connectivity index (χ3v) is 2.87. The van der Waals surface area contributed by atoms with Crippen molar-refractivity contribution in [2.75, 3.05) is 20.2 Å². The topological polar surface area (TPSA) is 50.4 Å². The number of hydrogen-bond acceptors (Lipinski definition) is 3. The van der Waals surface area contributed by atoms with E-state index in [2.05, 4.69) is 10.6 Å². The zero-order valence-corrected chi connectivity index (χ0v) is 12.0. The van der Waals surface area contributed by atoms with Crippen LogP contribution in [0, 0.1) is 0 Å². The van der Waals surface area contributed by atoms with Gasteiger partial charge in [0.2, 0.25) is 5.91 Å². The Kier molecular flexibility index (Phi) is 6.48. The second kappa shape index (κ2) is 7.87. The lowest BCUT2D eigenvalue weighted by atomic mass is 10.0. The van der Waals surface area contributed by atoms with Crippen LogP contribution in [-0.2, 0) is 4.79 Å². The van der Waals surface area contributed by atoms with E-state index >= 15 is 0 Å². The smallest absolute Gasteiger partial charge is 0.401 e. The quantitative estimate of drug-likeness (QED) is 0.813. The second-order valence-electron chi connectivity index (χ2n) is 4.52. The van der Waals surface area contributed by atoms with Crippen molar-refractivity contribution in [3.8, 4) is 5.75 Å². The van der Waals surface area contributed by atoms with E-state index < -0.39 is 18.6 Å². The van der Waals surface area contributed by atoms with E-state index in [4.69, 9.17) is 4.74 Å². The summed E-state index contributed by atoms with van der Waals surface area (Å²) in [5.41, 5.74) is 0.877. The Morgan fingerprint density at radius 3 is 2.38 bits per heavy atom. The maximum atomic E-state index is 12.0. The van der Waals surface area contributed by atoms with Gasteiger partial charge in [-0.3, -0.25) is 4.79 Å². The third kappa shape index (κ3) is 6.48. The van der Waals surface area contributed by atoms with E-state index in [9.17, 15) is 18.0 Å². The minimum absolute atomic E-state index is 0.240. The van der Waals surface area contributed by atoms with E-state index in [-0.39, 0.29) is 12.6 Å². The van der Waals surface area contributed by atoms with Crippen LogP contribution < -0.4 is 15.4 Å². The fourth-order valence-corrected chi connectivity index (χ4v) is 1.82. The van der Waals surface area contributed by atoms with Gasteiger partial charge in [0.05, 0.1) is 26.2 Å². The van der Waals surface area contributed by atoms with Gasteiger partial charge in [-0.2, -0.15) is 13.2 Å². The van der Waals surface area contributed by atoms with Crippen molar-refractivity contribution < 1.29 is 22.7 Å². The predicted molar refractivity (Wildman–Crippen MR) is 73.1 cm³/mol. The Balaban J connectivity index is 2.50. The fourth-order valence-electron chi connectivity index (χ4n) is 1.82. The van der Waals surface area contributed by atoms with Crippen LogP contribution in [0.2, 0.25) is 0 Å². The van der Waals surface area contributed by atoms with Crippen LogP contribution in [0.25, 0.3) is 0 Å². The normalized spacial score (nSPS) is 12.8. The molecule has 0 fully saturated rings. The number of benzene rings is 1. The predicted octanol–water partition coefficient (Wildman–Crippen LogP) is 2.41. The molecule has 4 nitrogen and oxygen atoms in total. The van der Waals surface area contributed by atoms with Crippen molar-refractivity contribution >= 4 is 5.91 Å². The van der Waals surface area contributed by atoms with Crippen LogP contribution in [0.15, 0.2) is 24.3 Å². The Labute approximate surface area is 121 Å². The number of rotatable bonds is 7. The largest absolute Gasteiger partial charge is 0.497 e.